The van der Waals surface area contributed by atoms with Gasteiger partial charge in [0, 0.05) is 46.4 Å². The number of thiophene rings is 1. The van der Waals surface area contributed by atoms with Gasteiger partial charge in [0.25, 0.3) is 0 Å². The molecule has 0 aliphatic heterocycles. The van der Waals surface area contributed by atoms with E-state index in [0.717, 1.165) is 39.3 Å². The molecule has 3 heterocycles. The van der Waals surface area contributed by atoms with Crippen molar-refractivity contribution in [3.8, 4) is 10.4 Å². The third kappa shape index (κ3) is 4.39. The smallest absolute Gasteiger partial charge is 0.0837 e. The van der Waals surface area contributed by atoms with E-state index < -0.39 is 0 Å². The Morgan fingerprint density at radius 1 is 1.06 bits per heavy atom. The van der Waals surface area contributed by atoms with Crippen molar-refractivity contribution in [1.29, 1.82) is 0 Å². The maximum Gasteiger partial charge on any atom is 0.0837 e. The zero-order valence-corrected chi connectivity index (χ0v) is 19.0. The van der Waals surface area contributed by atoms with Gasteiger partial charge in [-0.2, -0.15) is 0 Å². The molecule has 3 aromatic heterocycles. The molecule has 0 saturated heterocycles. The van der Waals surface area contributed by atoms with Crippen molar-refractivity contribution in [2.75, 3.05) is 11.9 Å². The number of aromatic amines is 1. The van der Waals surface area contributed by atoms with Crippen molar-refractivity contribution in [3.05, 3.63) is 78.1 Å². The third-order valence-electron chi connectivity index (χ3n) is 5.45. The number of aryl methyl sites for hydroxylation is 1. The van der Waals surface area contributed by atoms with E-state index in [-0.39, 0.29) is 6.10 Å². The minimum absolute atomic E-state index is 0.336. The van der Waals surface area contributed by atoms with Gasteiger partial charge >= 0.3 is 0 Å². The number of fused-ring (bicyclic) bond motifs is 2. The number of hydrogen-bond donors (Lipinski definition) is 4. The molecule has 1 atom stereocenters. The predicted octanol–water partition coefficient (Wildman–Crippen LogP) is 5.97. The number of benzene rings is 2. The molecule has 0 amide bonds. The van der Waals surface area contributed by atoms with Gasteiger partial charge in [0.1, 0.15) is 0 Å². The first-order valence-corrected chi connectivity index (χ1v) is 11.6. The molecule has 5 aromatic rings. The average molecular weight is 443 g/mol. The highest BCUT2D eigenvalue weighted by atomic mass is 32.1. The first-order chi connectivity index (χ1) is 15.5. The van der Waals surface area contributed by atoms with E-state index in [1.807, 2.05) is 12.3 Å². The van der Waals surface area contributed by atoms with Crippen LogP contribution in [0.15, 0.2) is 66.9 Å². The number of hydrogen-bond acceptors (Lipinski definition) is 5. The molecule has 32 heavy (non-hydrogen) atoms. The van der Waals surface area contributed by atoms with E-state index in [0.29, 0.717) is 6.54 Å². The second-order valence-corrected chi connectivity index (χ2v) is 9.29. The Morgan fingerprint density at radius 2 is 1.91 bits per heavy atom. The Balaban J connectivity index is 1.39. The molecule has 0 radical (unpaired) electrons. The number of aromatic nitrogens is 2. The number of anilines is 2. The zero-order chi connectivity index (χ0) is 22.1. The third-order valence-corrected chi connectivity index (χ3v) is 6.66. The summed E-state index contributed by atoms with van der Waals surface area (Å²) >= 11 is 1.75. The van der Waals surface area contributed by atoms with Crippen LogP contribution in [0.3, 0.4) is 0 Å². The highest BCUT2D eigenvalue weighted by molar-refractivity contribution is 7.22. The summed E-state index contributed by atoms with van der Waals surface area (Å²) in [6, 6.07) is 21.3. The monoisotopic (exact) mass is 442 g/mol. The Hall–Kier alpha value is -3.19. The van der Waals surface area contributed by atoms with Crippen LogP contribution in [0, 0.1) is 6.92 Å². The number of nitrogens with zero attached hydrogens (tertiary/aromatic N) is 1. The van der Waals surface area contributed by atoms with Gasteiger partial charge in [0.05, 0.1) is 22.0 Å². The molecule has 5 rings (SSSR count). The highest BCUT2D eigenvalue weighted by Crippen LogP contribution is 2.37. The molecule has 0 fully saturated rings. The number of aliphatic hydroxyl groups is 1. The van der Waals surface area contributed by atoms with E-state index >= 15 is 0 Å². The second kappa shape index (κ2) is 8.74. The fraction of sp³-hybridized carbons (Fsp3) is 0.192. The molecule has 0 bridgehead atoms. The predicted molar refractivity (Wildman–Crippen MR) is 135 cm³/mol. The van der Waals surface area contributed by atoms with E-state index in [9.17, 15) is 5.11 Å². The molecule has 0 aliphatic rings. The summed E-state index contributed by atoms with van der Waals surface area (Å²) in [5.41, 5.74) is 7.82. The Bertz CT molecular complexity index is 1370. The first kappa shape index (κ1) is 20.7. The van der Waals surface area contributed by atoms with Crippen LogP contribution in [-0.2, 0) is 6.54 Å². The number of aliphatic hydroxyl groups excluding tert-OH is 1. The summed E-state index contributed by atoms with van der Waals surface area (Å²) in [5, 5.41) is 17.4. The lowest BCUT2D eigenvalue weighted by Gasteiger charge is -2.08. The summed E-state index contributed by atoms with van der Waals surface area (Å²) in [6.45, 7) is 5.20. The molecule has 0 saturated carbocycles. The Kier molecular flexibility index (Phi) is 5.66. The Morgan fingerprint density at radius 3 is 2.72 bits per heavy atom. The maximum atomic E-state index is 9.38. The van der Waals surface area contributed by atoms with E-state index in [2.05, 4.69) is 82.1 Å². The molecule has 4 N–H and O–H groups in total. The first-order valence-electron chi connectivity index (χ1n) is 10.8. The van der Waals surface area contributed by atoms with Crippen molar-refractivity contribution in [1.82, 2.24) is 15.3 Å². The fourth-order valence-electron chi connectivity index (χ4n) is 3.90. The summed E-state index contributed by atoms with van der Waals surface area (Å²) in [5.74, 6) is 0. The van der Waals surface area contributed by atoms with Crippen molar-refractivity contribution >= 4 is 43.8 Å². The van der Waals surface area contributed by atoms with Gasteiger partial charge < -0.3 is 20.7 Å². The minimum atomic E-state index is -0.336. The quantitative estimate of drug-likeness (QED) is 0.251. The second-order valence-electron chi connectivity index (χ2n) is 8.24. The van der Waals surface area contributed by atoms with Gasteiger partial charge in [-0.15, -0.1) is 11.3 Å². The zero-order valence-electron chi connectivity index (χ0n) is 18.1. The van der Waals surface area contributed by atoms with Crippen LogP contribution in [0.1, 0.15) is 18.2 Å². The summed E-state index contributed by atoms with van der Waals surface area (Å²) < 4.78 is 1.15. The lowest BCUT2D eigenvalue weighted by molar-refractivity contribution is 0.191. The number of rotatable bonds is 7. The minimum Gasteiger partial charge on any atom is -0.392 e. The van der Waals surface area contributed by atoms with Crippen LogP contribution in [0.4, 0.5) is 11.4 Å². The van der Waals surface area contributed by atoms with E-state index in [4.69, 9.17) is 0 Å². The molecule has 5 nitrogen and oxygen atoms in total. The molecule has 0 aliphatic carbocycles. The van der Waals surface area contributed by atoms with Crippen LogP contribution >= 0.6 is 11.3 Å². The summed E-state index contributed by atoms with van der Waals surface area (Å²) in [7, 11) is 0. The standard InChI is InChI=1S/C26H26N4OS/c1-16-11-20-12-21(7-8-22(20)29-16)30-23-9-10-28-24-13-25(32-26(23)24)19-5-3-18(4-6-19)15-27-14-17(2)31/h3-13,17,27,29,31H,14-15H2,1-2H3,(H,28,30). The van der Waals surface area contributed by atoms with Crippen LogP contribution in [0.25, 0.3) is 31.6 Å². The molecule has 1 unspecified atom stereocenters. The van der Waals surface area contributed by atoms with Crippen molar-refractivity contribution in [3.63, 3.8) is 0 Å². The SMILES string of the molecule is Cc1cc2cc(Nc3ccnc4cc(-c5ccc(CNCC(C)O)cc5)sc34)ccc2[nH]1. The molecule has 6 heteroatoms. The molecule has 2 aromatic carbocycles. The van der Waals surface area contributed by atoms with Crippen molar-refractivity contribution in [2.45, 2.75) is 26.5 Å². The van der Waals surface area contributed by atoms with E-state index in [1.165, 1.54) is 21.4 Å². The number of nitrogens with one attached hydrogen (secondary N) is 3. The highest BCUT2D eigenvalue weighted by Gasteiger charge is 2.10. The van der Waals surface area contributed by atoms with Gasteiger partial charge in [-0.1, -0.05) is 24.3 Å². The molecule has 0 spiro atoms. The van der Waals surface area contributed by atoms with Gasteiger partial charge in [0.2, 0.25) is 0 Å². The Labute approximate surface area is 191 Å². The maximum absolute atomic E-state index is 9.38. The van der Waals surface area contributed by atoms with Crippen LogP contribution in [0.5, 0.6) is 0 Å². The van der Waals surface area contributed by atoms with Gasteiger partial charge in [0.15, 0.2) is 0 Å². The lowest BCUT2D eigenvalue weighted by atomic mass is 10.1. The van der Waals surface area contributed by atoms with Crippen LogP contribution in [-0.4, -0.2) is 27.7 Å². The van der Waals surface area contributed by atoms with Crippen molar-refractivity contribution in [2.24, 2.45) is 0 Å². The molecular weight excluding hydrogens is 416 g/mol. The largest absolute Gasteiger partial charge is 0.392 e. The van der Waals surface area contributed by atoms with Crippen LogP contribution < -0.4 is 10.6 Å². The van der Waals surface area contributed by atoms with Gasteiger partial charge in [-0.3, -0.25) is 4.98 Å². The molecular formula is C26H26N4OS. The van der Waals surface area contributed by atoms with E-state index in [1.54, 1.807) is 18.3 Å². The summed E-state index contributed by atoms with van der Waals surface area (Å²) in [4.78, 5) is 9.16. The normalized spacial score (nSPS) is 12.5. The fourth-order valence-corrected chi connectivity index (χ4v) is 4.99. The van der Waals surface area contributed by atoms with Crippen molar-refractivity contribution < 1.29 is 5.11 Å². The average Bonchev–Trinajstić information content (AvgIpc) is 3.37. The van der Waals surface area contributed by atoms with Crippen LogP contribution in [0.2, 0.25) is 0 Å². The number of H-pyrrole nitrogens is 1. The summed E-state index contributed by atoms with van der Waals surface area (Å²) in [6.07, 6.45) is 1.52. The lowest BCUT2D eigenvalue weighted by Crippen LogP contribution is -2.23. The van der Waals surface area contributed by atoms with Gasteiger partial charge in [-0.25, -0.2) is 0 Å². The topological polar surface area (TPSA) is 73.0 Å². The number of pyridine rings is 1. The van der Waals surface area contributed by atoms with Gasteiger partial charge in [-0.05, 0) is 61.4 Å². The molecule has 162 valence electrons.